The molecular weight excluding hydrogens is 204 g/mol. The Morgan fingerprint density at radius 3 is 2.69 bits per heavy atom. The summed E-state index contributed by atoms with van der Waals surface area (Å²) in [6.07, 6.45) is 0. The minimum atomic E-state index is 0.512. The number of aromatic nitrogens is 1. The maximum Gasteiger partial charge on any atom is 0.295 e. The van der Waals surface area contributed by atoms with E-state index in [9.17, 15) is 0 Å². The smallest absolute Gasteiger partial charge is 0.295 e. The molecule has 0 atom stereocenters. The van der Waals surface area contributed by atoms with Crippen molar-refractivity contribution in [1.82, 2.24) is 4.98 Å². The molecule has 2 aromatic rings. The SMILES string of the molecule is CNc1nc(-c2ccccc2OC)c(C)o1. The van der Waals surface area contributed by atoms with E-state index in [0.717, 1.165) is 22.8 Å². The first-order chi connectivity index (χ1) is 7.76. The van der Waals surface area contributed by atoms with Crippen molar-refractivity contribution in [3.63, 3.8) is 0 Å². The van der Waals surface area contributed by atoms with Gasteiger partial charge in [0.25, 0.3) is 6.01 Å². The summed E-state index contributed by atoms with van der Waals surface area (Å²) in [6, 6.07) is 8.26. The molecule has 0 aliphatic heterocycles. The normalized spacial score (nSPS) is 10.2. The molecule has 2 rings (SSSR count). The van der Waals surface area contributed by atoms with Gasteiger partial charge in [0.2, 0.25) is 0 Å². The number of para-hydroxylation sites is 1. The number of hydrogen-bond donors (Lipinski definition) is 1. The highest BCUT2D eigenvalue weighted by Gasteiger charge is 2.14. The van der Waals surface area contributed by atoms with Crippen LogP contribution in [0.4, 0.5) is 6.01 Å². The quantitative estimate of drug-likeness (QED) is 0.860. The molecule has 0 radical (unpaired) electrons. The zero-order chi connectivity index (χ0) is 11.5. The van der Waals surface area contributed by atoms with Crippen LogP contribution >= 0.6 is 0 Å². The second-order valence-electron chi connectivity index (χ2n) is 3.37. The van der Waals surface area contributed by atoms with Gasteiger partial charge in [-0.3, -0.25) is 0 Å². The summed E-state index contributed by atoms with van der Waals surface area (Å²) in [5.74, 6) is 1.57. The predicted molar refractivity (Wildman–Crippen MR) is 62.8 cm³/mol. The molecule has 4 heteroatoms. The largest absolute Gasteiger partial charge is 0.496 e. The lowest BCUT2D eigenvalue weighted by atomic mass is 10.1. The van der Waals surface area contributed by atoms with Gasteiger partial charge >= 0.3 is 0 Å². The van der Waals surface area contributed by atoms with Crippen LogP contribution in [0.1, 0.15) is 5.76 Å². The molecule has 1 aromatic heterocycles. The topological polar surface area (TPSA) is 47.3 Å². The zero-order valence-electron chi connectivity index (χ0n) is 9.57. The van der Waals surface area contributed by atoms with Crippen LogP contribution in [0.5, 0.6) is 5.75 Å². The van der Waals surface area contributed by atoms with Crippen LogP contribution in [0, 0.1) is 6.92 Å². The van der Waals surface area contributed by atoms with Crippen molar-refractivity contribution in [2.75, 3.05) is 19.5 Å². The summed E-state index contributed by atoms with van der Waals surface area (Å²) >= 11 is 0. The second-order valence-corrected chi connectivity index (χ2v) is 3.37. The van der Waals surface area contributed by atoms with Gasteiger partial charge in [0.05, 0.1) is 7.11 Å². The molecule has 1 aromatic carbocycles. The molecule has 16 heavy (non-hydrogen) atoms. The monoisotopic (exact) mass is 218 g/mol. The highest BCUT2D eigenvalue weighted by molar-refractivity contribution is 5.69. The fourth-order valence-electron chi connectivity index (χ4n) is 1.59. The van der Waals surface area contributed by atoms with Crippen LogP contribution in [0.25, 0.3) is 11.3 Å². The van der Waals surface area contributed by atoms with Gasteiger partial charge in [0.1, 0.15) is 17.2 Å². The summed E-state index contributed by atoms with van der Waals surface area (Å²) in [5, 5.41) is 2.88. The van der Waals surface area contributed by atoms with E-state index in [2.05, 4.69) is 10.3 Å². The molecular formula is C12H14N2O2. The number of nitrogens with one attached hydrogen (secondary N) is 1. The molecule has 0 unspecified atom stereocenters. The van der Waals surface area contributed by atoms with E-state index < -0.39 is 0 Å². The molecule has 84 valence electrons. The number of nitrogens with zero attached hydrogens (tertiary/aromatic N) is 1. The number of ether oxygens (including phenoxy) is 1. The Morgan fingerprint density at radius 2 is 2.06 bits per heavy atom. The van der Waals surface area contributed by atoms with E-state index in [-0.39, 0.29) is 0 Å². The molecule has 4 nitrogen and oxygen atoms in total. The maximum absolute atomic E-state index is 5.44. The van der Waals surface area contributed by atoms with Crippen molar-refractivity contribution in [2.24, 2.45) is 0 Å². The van der Waals surface area contributed by atoms with Crippen molar-refractivity contribution in [2.45, 2.75) is 6.92 Å². The van der Waals surface area contributed by atoms with Crippen molar-refractivity contribution >= 4 is 6.01 Å². The van der Waals surface area contributed by atoms with E-state index in [0.29, 0.717) is 6.01 Å². The van der Waals surface area contributed by atoms with Gasteiger partial charge in [-0.2, -0.15) is 4.98 Å². The lowest BCUT2D eigenvalue weighted by molar-refractivity contribution is 0.416. The molecule has 0 bridgehead atoms. The number of benzene rings is 1. The molecule has 1 heterocycles. The van der Waals surface area contributed by atoms with Crippen LogP contribution in [-0.2, 0) is 0 Å². The van der Waals surface area contributed by atoms with Gasteiger partial charge in [-0.1, -0.05) is 12.1 Å². The average Bonchev–Trinajstić information content (AvgIpc) is 2.70. The molecule has 0 aliphatic rings. The highest BCUT2D eigenvalue weighted by Crippen LogP contribution is 2.32. The van der Waals surface area contributed by atoms with Crippen molar-refractivity contribution in [3.8, 4) is 17.0 Å². The number of rotatable bonds is 3. The first-order valence-electron chi connectivity index (χ1n) is 5.05. The fraction of sp³-hybridized carbons (Fsp3) is 0.250. The van der Waals surface area contributed by atoms with Crippen LogP contribution < -0.4 is 10.1 Å². The van der Waals surface area contributed by atoms with Crippen molar-refractivity contribution in [1.29, 1.82) is 0 Å². The molecule has 1 N–H and O–H groups in total. The van der Waals surface area contributed by atoms with E-state index >= 15 is 0 Å². The van der Waals surface area contributed by atoms with Crippen LogP contribution in [0.15, 0.2) is 28.7 Å². The van der Waals surface area contributed by atoms with Gasteiger partial charge in [-0.05, 0) is 19.1 Å². The van der Waals surface area contributed by atoms with E-state index in [1.807, 2.05) is 31.2 Å². The second kappa shape index (κ2) is 4.26. The molecule has 0 spiro atoms. The molecule has 0 saturated carbocycles. The van der Waals surface area contributed by atoms with E-state index in [1.165, 1.54) is 0 Å². The maximum atomic E-state index is 5.44. The zero-order valence-corrected chi connectivity index (χ0v) is 9.57. The van der Waals surface area contributed by atoms with Crippen LogP contribution in [-0.4, -0.2) is 19.1 Å². The fourth-order valence-corrected chi connectivity index (χ4v) is 1.59. The molecule has 0 fully saturated rings. The van der Waals surface area contributed by atoms with E-state index in [1.54, 1.807) is 14.2 Å². The van der Waals surface area contributed by atoms with Gasteiger partial charge in [-0.25, -0.2) is 0 Å². The number of aryl methyl sites for hydroxylation is 1. The highest BCUT2D eigenvalue weighted by atomic mass is 16.5. The Balaban J connectivity index is 2.53. The molecule has 0 amide bonds. The Kier molecular flexibility index (Phi) is 2.81. The third-order valence-corrected chi connectivity index (χ3v) is 2.37. The summed E-state index contributed by atoms with van der Waals surface area (Å²) in [7, 11) is 3.42. The van der Waals surface area contributed by atoms with Gasteiger partial charge < -0.3 is 14.5 Å². The predicted octanol–water partition coefficient (Wildman–Crippen LogP) is 2.70. The molecule has 0 saturated heterocycles. The van der Waals surface area contributed by atoms with Crippen LogP contribution in [0.2, 0.25) is 0 Å². The van der Waals surface area contributed by atoms with Gasteiger partial charge in [0.15, 0.2) is 0 Å². The Bertz CT molecular complexity index is 492. The third-order valence-electron chi connectivity index (χ3n) is 2.37. The van der Waals surface area contributed by atoms with E-state index in [4.69, 9.17) is 9.15 Å². The van der Waals surface area contributed by atoms with Gasteiger partial charge in [0, 0.05) is 12.6 Å². The lowest BCUT2D eigenvalue weighted by Crippen LogP contribution is -1.90. The lowest BCUT2D eigenvalue weighted by Gasteiger charge is -2.05. The minimum Gasteiger partial charge on any atom is -0.496 e. The number of oxazole rings is 1. The Morgan fingerprint density at radius 1 is 1.31 bits per heavy atom. The number of methoxy groups -OCH3 is 1. The summed E-state index contributed by atoms with van der Waals surface area (Å²) in [5.41, 5.74) is 1.74. The summed E-state index contributed by atoms with van der Waals surface area (Å²) in [6.45, 7) is 1.88. The standard InChI is InChI=1S/C12H14N2O2/c1-8-11(14-12(13-2)16-8)9-6-4-5-7-10(9)15-3/h4-7H,1-3H3,(H,13,14). The van der Waals surface area contributed by atoms with Crippen molar-refractivity contribution < 1.29 is 9.15 Å². The molecule has 0 aliphatic carbocycles. The minimum absolute atomic E-state index is 0.512. The Hall–Kier alpha value is -1.97. The third kappa shape index (κ3) is 1.74. The van der Waals surface area contributed by atoms with Crippen LogP contribution in [0.3, 0.4) is 0 Å². The van der Waals surface area contributed by atoms with Gasteiger partial charge in [-0.15, -0.1) is 0 Å². The first-order valence-corrected chi connectivity index (χ1v) is 5.05. The first kappa shape index (κ1) is 10.5. The summed E-state index contributed by atoms with van der Waals surface area (Å²) in [4.78, 5) is 4.35. The van der Waals surface area contributed by atoms with Crippen molar-refractivity contribution in [3.05, 3.63) is 30.0 Å². The Labute approximate surface area is 94.3 Å². The number of hydrogen-bond acceptors (Lipinski definition) is 4. The average molecular weight is 218 g/mol. The number of anilines is 1. The summed E-state index contributed by atoms with van der Waals surface area (Å²) < 4.78 is 10.7.